The highest BCUT2D eigenvalue weighted by Gasteiger charge is 2.30. The van der Waals surface area contributed by atoms with E-state index >= 15 is 0 Å². The van der Waals surface area contributed by atoms with Crippen molar-refractivity contribution < 1.29 is 0 Å². The van der Waals surface area contributed by atoms with E-state index in [0.717, 1.165) is 29.9 Å². The van der Waals surface area contributed by atoms with Gasteiger partial charge in [0.05, 0.1) is 5.39 Å². The van der Waals surface area contributed by atoms with E-state index in [4.69, 9.17) is 0 Å². The van der Waals surface area contributed by atoms with Crippen LogP contribution in [-0.4, -0.2) is 28.0 Å². The fraction of sp³-hybridized carbons (Fsp3) is 0.500. The van der Waals surface area contributed by atoms with E-state index in [-0.39, 0.29) is 0 Å². The first-order valence-corrected chi connectivity index (χ1v) is 5.69. The lowest BCUT2D eigenvalue weighted by Gasteiger charge is -2.20. The number of aromatic amines is 1. The lowest BCUT2D eigenvalue weighted by molar-refractivity contribution is 0.418. The Hall–Kier alpha value is -1.58. The Bertz CT molecular complexity index is 514. The molecular formula is C12H16N4. The van der Waals surface area contributed by atoms with Gasteiger partial charge in [0.1, 0.15) is 17.8 Å². The molecule has 1 fully saturated rings. The van der Waals surface area contributed by atoms with Crippen molar-refractivity contribution in [1.29, 1.82) is 0 Å². The van der Waals surface area contributed by atoms with Crippen LogP contribution in [0.3, 0.4) is 0 Å². The third-order valence-corrected chi connectivity index (χ3v) is 3.31. The molecule has 1 aliphatic rings. The van der Waals surface area contributed by atoms with Crippen molar-refractivity contribution >= 4 is 16.9 Å². The summed E-state index contributed by atoms with van der Waals surface area (Å²) in [6.45, 7) is 6.78. The van der Waals surface area contributed by atoms with Crippen LogP contribution in [0.4, 0.5) is 5.82 Å². The van der Waals surface area contributed by atoms with Crippen molar-refractivity contribution in [2.24, 2.45) is 5.41 Å². The van der Waals surface area contributed by atoms with Gasteiger partial charge < -0.3 is 9.88 Å². The molecule has 3 heterocycles. The van der Waals surface area contributed by atoms with E-state index in [1.807, 2.05) is 6.20 Å². The van der Waals surface area contributed by atoms with Gasteiger partial charge in [0.15, 0.2) is 0 Å². The number of aromatic nitrogens is 3. The number of hydrogen-bond acceptors (Lipinski definition) is 3. The number of rotatable bonds is 1. The van der Waals surface area contributed by atoms with Gasteiger partial charge >= 0.3 is 0 Å². The minimum atomic E-state index is 0.396. The third kappa shape index (κ3) is 1.45. The molecule has 0 aromatic carbocycles. The summed E-state index contributed by atoms with van der Waals surface area (Å²) in [7, 11) is 0. The average Bonchev–Trinajstić information content (AvgIpc) is 2.83. The lowest BCUT2D eigenvalue weighted by Crippen LogP contribution is -2.23. The molecule has 0 saturated carbocycles. The van der Waals surface area contributed by atoms with Crippen LogP contribution >= 0.6 is 0 Å². The molecule has 0 aliphatic carbocycles. The van der Waals surface area contributed by atoms with Gasteiger partial charge in [0.2, 0.25) is 0 Å². The lowest BCUT2D eigenvalue weighted by atomic mass is 9.93. The van der Waals surface area contributed by atoms with Gasteiger partial charge in [-0.25, -0.2) is 9.97 Å². The largest absolute Gasteiger partial charge is 0.355 e. The van der Waals surface area contributed by atoms with Gasteiger partial charge in [-0.05, 0) is 17.9 Å². The highest BCUT2D eigenvalue weighted by molar-refractivity contribution is 5.87. The van der Waals surface area contributed by atoms with Crippen LogP contribution in [0.15, 0.2) is 18.6 Å². The maximum Gasteiger partial charge on any atom is 0.142 e. The number of nitrogens with zero attached hydrogens (tertiary/aromatic N) is 3. The maximum absolute atomic E-state index is 4.42. The topological polar surface area (TPSA) is 44.8 Å². The summed E-state index contributed by atoms with van der Waals surface area (Å²) in [4.78, 5) is 14.1. The second-order valence-corrected chi connectivity index (χ2v) is 5.27. The first-order chi connectivity index (χ1) is 7.66. The summed E-state index contributed by atoms with van der Waals surface area (Å²) in [6, 6.07) is 2.05. The molecule has 1 aliphatic heterocycles. The van der Waals surface area contributed by atoms with Gasteiger partial charge in [0, 0.05) is 19.3 Å². The zero-order chi connectivity index (χ0) is 11.2. The first-order valence-electron chi connectivity index (χ1n) is 5.69. The molecule has 0 spiro atoms. The summed E-state index contributed by atoms with van der Waals surface area (Å²) in [5.41, 5.74) is 1.32. The van der Waals surface area contributed by atoms with E-state index in [2.05, 4.69) is 39.8 Å². The SMILES string of the molecule is CC1(C)CCN(c2ncnc3[nH]ccc23)C1. The standard InChI is InChI=1S/C12H16N4/c1-12(2)4-6-16(7-12)11-9-3-5-13-10(9)14-8-15-11/h3,5,8H,4,6-7H2,1-2H3,(H,13,14,15). The number of nitrogens with one attached hydrogen (secondary N) is 1. The van der Waals surface area contributed by atoms with Gasteiger partial charge in [-0.3, -0.25) is 0 Å². The molecule has 0 bridgehead atoms. The van der Waals surface area contributed by atoms with Gasteiger partial charge in [-0.15, -0.1) is 0 Å². The normalized spacial score (nSPS) is 19.5. The molecule has 1 N–H and O–H groups in total. The summed E-state index contributed by atoms with van der Waals surface area (Å²) in [6.07, 6.45) is 4.78. The van der Waals surface area contributed by atoms with Crippen molar-refractivity contribution in [3.05, 3.63) is 18.6 Å². The van der Waals surface area contributed by atoms with Crippen LogP contribution < -0.4 is 4.90 Å². The van der Waals surface area contributed by atoms with Gasteiger partial charge in [-0.2, -0.15) is 0 Å². The number of hydrogen-bond donors (Lipinski definition) is 1. The molecule has 3 rings (SSSR count). The minimum absolute atomic E-state index is 0.396. The average molecular weight is 216 g/mol. The monoisotopic (exact) mass is 216 g/mol. The maximum atomic E-state index is 4.42. The molecule has 2 aromatic rings. The smallest absolute Gasteiger partial charge is 0.142 e. The van der Waals surface area contributed by atoms with Crippen molar-refractivity contribution in [3.8, 4) is 0 Å². The van der Waals surface area contributed by atoms with Crippen molar-refractivity contribution in [1.82, 2.24) is 15.0 Å². The Labute approximate surface area is 94.7 Å². The van der Waals surface area contributed by atoms with Crippen LogP contribution in [-0.2, 0) is 0 Å². The van der Waals surface area contributed by atoms with Gasteiger partial charge in [0.25, 0.3) is 0 Å². The van der Waals surface area contributed by atoms with Crippen molar-refractivity contribution in [3.63, 3.8) is 0 Å². The Balaban J connectivity index is 2.03. The predicted molar refractivity (Wildman–Crippen MR) is 64.5 cm³/mol. The Morgan fingerprint density at radius 1 is 1.38 bits per heavy atom. The molecule has 0 radical (unpaired) electrons. The van der Waals surface area contributed by atoms with Gasteiger partial charge in [-0.1, -0.05) is 13.8 Å². The van der Waals surface area contributed by atoms with Crippen LogP contribution in [0.1, 0.15) is 20.3 Å². The Morgan fingerprint density at radius 2 is 2.25 bits per heavy atom. The summed E-state index contributed by atoms with van der Waals surface area (Å²) in [5.74, 6) is 1.07. The fourth-order valence-electron chi connectivity index (χ4n) is 2.40. The quantitative estimate of drug-likeness (QED) is 0.794. The van der Waals surface area contributed by atoms with Crippen LogP contribution in [0, 0.1) is 5.41 Å². The molecule has 0 unspecified atom stereocenters. The van der Waals surface area contributed by atoms with E-state index < -0.39 is 0 Å². The molecule has 4 heteroatoms. The van der Waals surface area contributed by atoms with E-state index in [9.17, 15) is 0 Å². The molecule has 84 valence electrons. The first kappa shape index (κ1) is 9.63. The zero-order valence-corrected chi connectivity index (χ0v) is 9.70. The zero-order valence-electron chi connectivity index (χ0n) is 9.70. The Morgan fingerprint density at radius 3 is 3.00 bits per heavy atom. The molecule has 4 nitrogen and oxygen atoms in total. The van der Waals surface area contributed by atoms with Crippen molar-refractivity contribution in [2.75, 3.05) is 18.0 Å². The fourth-order valence-corrected chi connectivity index (χ4v) is 2.40. The second-order valence-electron chi connectivity index (χ2n) is 5.27. The van der Waals surface area contributed by atoms with Crippen LogP contribution in [0.25, 0.3) is 11.0 Å². The molecular weight excluding hydrogens is 200 g/mol. The third-order valence-electron chi connectivity index (χ3n) is 3.31. The van der Waals surface area contributed by atoms with E-state index in [1.165, 1.54) is 6.42 Å². The Kier molecular flexibility index (Phi) is 1.93. The van der Waals surface area contributed by atoms with E-state index in [1.54, 1.807) is 6.33 Å². The van der Waals surface area contributed by atoms with E-state index in [0.29, 0.717) is 5.41 Å². The predicted octanol–water partition coefficient (Wildman–Crippen LogP) is 2.19. The molecule has 0 amide bonds. The molecule has 1 saturated heterocycles. The summed E-state index contributed by atoms with van der Waals surface area (Å²) in [5, 5.41) is 1.13. The molecule has 2 aromatic heterocycles. The second kappa shape index (κ2) is 3.20. The van der Waals surface area contributed by atoms with Crippen LogP contribution in [0.2, 0.25) is 0 Å². The van der Waals surface area contributed by atoms with Crippen molar-refractivity contribution in [2.45, 2.75) is 20.3 Å². The number of fused-ring (bicyclic) bond motifs is 1. The molecule has 0 atom stereocenters. The highest BCUT2D eigenvalue weighted by Crippen LogP contribution is 2.33. The minimum Gasteiger partial charge on any atom is -0.355 e. The number of anilines is 1. The summed E-state index contributed by atoms with van der Waals surface area (Å²) < 4.78 is 0. The number of H-pyrrole nitrogens is 1. The molecule has 16 heavy (non-hydrogen) atoms. The summed E-state index contributed by atoms with van der Waals surface area (Å²) >= 11 is 0. The van der Waals surface area contributed by atoms with Crippen LogP contribution in [0.5, 0.6) is 0 Å². The highest BCUT2D eigenvalue weighted by atomic mass is 15.2.